The molecule has 1 rings (SSSR count). The van der Waals surface area contributed by atoms with Gasteiger partial charge in [0.15, 0.2) is 6.04 Å². The van der Waals surface area contributed by atoms with E-state index in [1.54, 1.807) is 6.92 Å². The summed E-state index contributed by atoms with van der Waals surface area (Å²) in [5, 5.41) is 4.97. The average Bonchev–Trinajstić information content (AvgIpc) is 2.33. The first-order valence-corrected chi connectivity index (χ1v) is 6.89. The molecule has 0 fully saturated rings. The van der Waals surface area contributed by atoms with Gasteiger partial charge in [0.25, 0.3) is 5.91 Å². The molecule has 1 aromatic carbocycles. The molecule has 0 heterocycles. The molecule has 0 saturated heterocycles. The van der Waals surface area contributed by atoms with Gasteiger partial charge < -0.3 is 10.6 Å². The van der Waals surface area contributed by atoms with E-state index in [1.165, 1.54) is 12.1 Å². The number of carbonyl (C=O) groups is 1. The zero-order chi connectivity index (χ0) is 14.6. The minimum Gasteiger partial charge on any atom is -0.351 e. The molecule has 3 N–H and O–H groups in total. The molecule has 0 spiro atoms. The van der Waals surface area contributed by atoms with Crippen LogP contribution in [-0.4, -0.2) is 18.5 Å². The number of hydrogen-bond donors (Lipinski definition) is 2. The topological polar surface area (TPSA) is 45.7 Å². The maximum absolute atomic E-state index is 13.5. The van der Waals surface area contributed by atoms with E-state index in [2.05, 4.69) is 5.32 Å². The van der Waals surface area contributed by atoms with E-state index in [4.69, 9.17) is 23.2 Å². The van der Waals surface area contributed by atoms with Gasteiger partial charge >= 0.3 is 0 Å². The molecule has 0 bridgehead atoms. The van der Waals surface area contributed by atoms with Crippen LogP contribution in [-0.2, 0) is 4.79 Å². The van der Waals surface area contributed by atoms with Gasteiger partial charge in [-0.15, -0.1) is 0 Å². The second-order valence-electron chi connectivity index (χ2n) is 4.45. The van der Waals surface area contributed by atoms with E-state index >= 15 is 0 Å². The SMILES string of the molecule is CCNC(=O)[C@@H](C)[NH2+][C@@H](C)c1cc(F)c(Cl)cc1Cl. The van der Waals surface area contributed by atoms with Crippen LogP contribution in [0.1, 0.15) is 32.4 Å². The summed E-state index contributed by atoms with van der Waals surface area (Å²) in [7, 11) is 0. The number of carbonyl (C=O) groups excluding carboxylic acids is 1. The van der Waals surface area contributed by atoms with Crippen molar-refractivity contribution in [3.63, 3.8) is 0 Å². The summed E-state index contributed by atoms with van der Waals surface area (Å²) in [4.78, 5) is 11.6. The van der Waals surface area contributed by atoms with Gasteiger partial charge in [-0.3, -0.25) is 4.79 Å². The second-order valence-corrected chi connectivity index (χ2v) is 5.27. The van der Waals surface area contributed by atoms with Gasteiger partial charge in [-0.05, 0) is 32.9 Å². The zero-order valence-corrected chi connectivity index (χ0v) is 12.6. The van der Waals surface area contributed by atoms with E-state index in [0.717, 1.165) is 0 Å². The molecule has 6 heteroatoms. The lowest BCUT2D eigenvalue weighted by atomic mass is 10.1. The van der Waals surface area contributed by atoms with Gasteiger partial charge in [0.1, 0.15) is 11.9 Å². The molecule has 0 radical (unpaired) electrons. The van der Waals surface area contributed by atoms with E-state index in [1.807, 2.05) is 19.2 Å². The predicted octanol–water partition coefficient (Wildman–Crippen LogP) is 2.28. The molecular weight excluding hydrogens is 290 g/mol. The number of rotatable bonds is 5. The maximum atomic E-state index is 13.5. The van der Waals surface area contributed by atoms with Crippen LogP contribution in [0.25, 0.3) is 0 Å². The van der Waals surface area contributed by atoms with Gasteiger partial charge in [-0.1, -0.05) is 23.2 Å². The number of likely N-dealkylation sites (N-methyl/N-ethyl adjacent to an activating group) is 1. The molecule has 0 unspecified atom stereocenters. The molecule has 19 heavy (non-hydrogen) atoms. The van der Waals surface area contributed by atoms with Gasteiger partial charge in [0.2, 0.25) is 0 Å². The molecule has 1 aromatic rings. The largest absolute Gasteiger partial charge is 0.351 e. The summed E-state index contributed by atoms with van der Waals surface area (Å²) in [5.74, 6) is -0.563. The number of amides is 1. The van der Waals surface area contributed by atoms with Crippen molar-refractivity contribution in [2.45, 2.75) is 32.9 Å². The Kier molecular flexibility index (Phi) is 6.04. The molecule has 0 aromatic heterocycles. The summed E-state index contributed by atoms with van der Waals surface area (Å²) >= 11 is 11.7. The van der Waals surface area contributed by atoms with Crippen molar-refractivity contribution < 1.29 is 14.5 Å². The van der Waals surface area contributed by atoms with E-state index in [9.17, 15) is 9.18 Å². The molecular formula is C13H18Cl2FN2O+. The molecule has 1 amide bonds. The first-order valence-electron chi connectivity index (χ1n) is 6.14. The third kappa shape index (κ3) is 4.34. The summed E-state index contributed by atoms with van der Waals surface area (Å²) in [6.07, 6.45) is 0. The standard InChI is InChI=1S/C13H17Cl2FN2O/c1-4-17-13(19)8(3)18-7(2)9-5-12(16)11(15)6-10(9)14/h5-8,18H,4H2,1-3H3,(H,17,19)/p+1/t7-,8+/m0/s1. The van der Waals surface area contributed by atoms with Crippen molar-refractivity contribution in [2.75, 3.05) is 6.54 Å². The zero-order valence-electron chi connectivity index (χ0n) is 11.1. The van der Waals surface area contributed by atoms with Crippen LogP contribution in [0.15, 0.2) is 12.1 Å². The van der Waals surface area contributed by atoms with Crippen molar-refractivity contribution in [3.05, 3.63) is 33.6 Å². The number of benzene rings is 1. The summed E-state index contributed by atoms with van der Waals surface area (Å²) < 4.78 is 13.5. The van der Waals surface area contributed by atoms with Crippen molar-refractivity contribution in [1.29, 1.82) is 0 Å². The van der Waals surface area contributed by atoms with Crippen LogP contribution >= 0.6 is 23.2 Å². The van der Waals surface area contributed by atoms with Crippen LogP contribution in [0.4, 0.5) is 4.39 Å². The molecule has 106 valence electrons. The van der Waals surface area contributed by atoms with Gasteiger partial charge in [-0.25, -0.2) is 4.39 Å². The highest BCUT2D eigenvalue weighted by Gasteiger charge is 2.22. The molecule has 2 atom stereocenters. The summed E-state index contributed by atoms with van der Waals surface area (Å²) in [6.45, 7) is 6.10. The van der Waals surface area contributed by atoms with Gasteiger partial charge in [0, 0.05) is 12.1 Å². The molecule has 3 nitrogen and oxygen atoms in total. The Labute approximate surface area is 122 Å². The number of hydrogen-bond acceptors (Lipinski definition) is 1. The van der Waals surface area contributed by atoms with Crippen LogP contribution in [0, 0.1) is 5.82 Å². The number of quaternary nitrogens is 1. The lowest BCUT2D eigenvalue weighted by Crippen LogP contribution is -2.92. The van der Waals surface area contributed by atoms with Crippen LogP contribution in [0.5, 0.6) is 0 Å². The van der Waals surface area contributed by atoms with Crippen LogP contribution in [0.2, 0.25) is 10.0 Å². The highest BCUT2D eigenvalue weighted by Crippen LogP contribution is 2.27. The van der Waals surface area contributed by atoms with Crippen molar-refractivity contribution in [2.24, 2.45) is 0 Å². The highest BCUT2D eigenvalue weighted by molar-refractivity contribution is 6.35. The fraction of sp³-hybridized carbons (Fsp3) is 0.462. The lowest BCUT2D eigenvalue weighted by molar-refractivity contribution is -0.710. The minimum absolute atomic E-state index is 0.00211. The normalized spacial score (nSPS) is 14.0. The maximum Gasteiger partial charge on any atom is 0.277 e. The highest BCUT2D eigenvalue weighted by atomic mass is 35.5. The molecule has 0 saturated carbocycles. The van der Waals surface area contributed by atoms with Gasteiger partial charge in [-0.2, -0.15) is 0 Å². The Bertz CT molecular complexity index is 468. The Morgan fingerprint density at radius 2 is 2.00 bits per heavy atom. The predicted molar refractivity (Wildman–Crippen MR) is 74.9 cm³/mol. The second kappa shape index (κ2) is 7.08. The van der Waals surface area contributed by atoms with Crippen LogP contribution in [0.3, 0.4) is 0 Å². The molecule has 0 aliphatic carbocycles. The quantitative estimate of drug-likeness (QED) is 0.806. The van der Waals surface area contributed by atoms with E-state index < -0.39 is 5.82 Å². The van der Waals surface area contributed by atoms with Gasteiger partial charge in [0.05, 0.1) is 10.0 Å². The summed E-state index contributed by atoms with van der Waals surface area (Å²) in [6, 6.07) is 2.28. The molecule has 0 aliphatic rings. The monoisotopic (exact) mass is 307 g/mol. The third-order valence-corrected chi connectivity index (χ3v) is 3.49. The van der Waals surface area contributed by atoms with Crippen LogP contribution < -0.4 is 10.6 Å². The molecule has 0 aliphatic heterocycles. The Balaban J connectivity index is 2.81. The Morgan fingerprint density at radius 3 is 2.58 bits per heavy atom. The first-order chi connectivity index (χ1) is 8.86. The fourth-order valence-electron chi connectivity index (χ4n) is 1.85. The fourth-order valence-corrected chi connectivity index (χ4v) is 2.40. The minimum atomic E-state index is -0.507. The Hall–Kier alpha value is -0.840. The lowest BCUT2D eigenvalue weighted by Gasteiger charge is -2.17. The third-order valence-electron chi connectivity index (χ3n) is 2.87. The first kappa shape index (κ1) is 16.2. The van der Waals surface area contributed by atoms with E-state index in [-0.39, 0.29) is 23.0 Å². The smallest absolute Gasteiger partial charge is 0.277 e. The van der Waals surface area contributed by atoms with Crippen molar-refractivity contribution in [3.8, 4) is 0 Å². The Morgan fingerprint density at radius 1 is 1.37 bits per heavy atom. The average molecular weight is 308 g/mol. The summed E-state index contributed by atoms with van der Waals surface area (Å²) in [5.41, 5.74) is 0.625. The number of nitrogens with two attached hydrogens (primary N) is 1. The van der Waals surface area contributed by atoms with Crippen molar-refractivity contribution >= 4 is 29.1 Å². The number of halogens is 3. The number of nitrogens with one attached hydrogen (secondary N) is 1. The van der Waals surface area contributed by atoms with Crippen molar-refractivity contribution in [1.82, 2.24) is 5.32 Å². The van der Waals surface area contributed by atoms with E-state index in [0.29, 0.717) is 17.1 Å².